The smallest absolute Gasteiger partial charge is 0.236 e. The van der Waals surface area contributed by atoms with Crippen molar-refractivity contribution in [1.29, 1.82) is 0 Å². The van der Waals surface area contributed by atoms with Gasteiger partial charge < -0.3 is 10.2 Å². The van der Waals surface area contributed by atoms with Crippen molar-refractivity contribution < 1.29 is 9.18 Å². The number of nitrogens with one attached hydrogen (secondary N) is 1. The quantitative estimate of drug-likeness (QED) is 0.910. The Labute approximate surface area is 135 Å². The first-order valence-electron chi connectivity index (χ1n) is 6.67. The van der Waals surface area contributed by atoms with Crippen LogP contribution in [0.5, 0.6) is 0 Å². The number of carbonyl (C=O) groups is 1. The van der Waals surface area contributed by atoms with E-state index in [9.17, 15) is 9.18 Å². The summed E-state index contributed by atoms with van der Waals surface area (Å²) in [5.41, 5.74) is 0.823. The minimum atomic E-state index is -0.349. The summed E-state index contributed by atoms with van der Waals surface area (Å²) in [6, 6.07) is 4.33. The number of carbonyl (C=O) groups excluding carboxylic acids is 1. The average molecular weight is 336 g/mol. The van der Waals surface area contributed by atoms with Crippen LogP contribution < -0.4 is 5.32 Å². The van der Waals surface area contributed by atoms with Crippen molar-refractivity contribution in [2.75, 3.05) is 39.8 Å². The summed E-state index contributed by atoms with van der Waals surface area (Å²) < 4.78 is 13.0. The lowest BCUT2D eigenvalue weighted by molar-refractivity contribution is -0.132. The van der Waals surface area contributed by atoms with E-state index in [1.807, 2.05) is 16.8 Å². The van der Waals surface area contributed by atoms with E-state index < -0.39 is 0 Å². The van der Waals surface area contributed by atoms with Gasteiger partial charge in [-0.25, -0.2) is 4.39 Å². The number of piperazine rings is 1. The van der Waals surface area contributed by atoms with Gasteiger partial charge in [-0.2, -0.15) is 0 Å². The number of rotatable bonds is 4. The monoisotopic (exact) mass is 335 g/mol. The molecule has 1 aliphatic heterocycles. The Kier molecular flexibility index (Phi) is 7.39. The van der Waals surface area contributed by atoms with Crippen molar-refractivity contribution in [3.8, 4) is 0 Å². The average Bonchev–Trinajstić information content (AvgIpc) is 2.43. The van der Waals surface area contributed by atoms with Crippen molar-refractivity contribution in [2.45, 2.75) is 6.54 Å². The van der Waals surface area contributed by atoms with Crippen LogP contribution in [0.2, 0.25) is 5.02 Å². The molecular weight excluding hydrogens is 316 g/mol. The van der Waals surface area contributed by atoms with E-state index in [1.54, 1.807) is 6.07 Å². The van der Waals surface area contributed by atoms with Crippen LogP contribution >= 0.6 is 24.0 Å². The molecule has 0 bridgehead atoms. The molecule has 2 rings (SSSR count). The summed E-state index contributed by atoms with van der Waals surface area (Å²) in [5, 5.41) is 3.61. The minimum Gasteiger partial charge on any atom is -0.339 e. The predicted octanol–water partition coefficient (Wildman–Crippen LogP) is 1.76. The predicted molar refractivity (Wildman–Crippen MR) is 84.4 cm³/mol. The van der Waals surface area contributed by atoms with Crippen LogP contribution in [0.3, 0.4) is 0 Å². The van der Waals surface area contributed by atoms with Crippen molar-refractivity contribution in [3.05, 3.63) is 34.6 Å². The van der Waals surface area contributed by atoms with E-state index in [0.717, 1.165) is 31.7 Å². The minimum absolute atomic E-state index is 0. The lowest BCUT2D eigenvalue weighted by Crippen LogP contribution is -2.49. The number of hydrogen-bond donors (Lipinski definition) is 1. The molecule has 4 nitrogen and oxygen atoms in total. The third kappa shape index (κ3) is 5.43. The zero-order chi connectivity index (χ0) is 14.5. The molecule has 1 heterocycles. The highest BCUT2D eigenvalue weighted by atomic mass is 35.5. The Balaban J connectivity index is 0.00000220. The molecule has 0 aliphatic carbocycles. The highest BCUT2D eigenvalue weighted by Gasteiger charge is 2.18. The van der Waals surface area contributed by atoms with Gasteiger partial charge in [-0.05, 0) is 24.7 Å². The second-order valence-electron chi connectivity index (χ2n) is 5.04. The SMILES string of the molecule is CN(CC(=O)N1CCNCC1)Cc1ccc(F)cc1Cl.Cl. The Morgan fingerprint density at radius 2 is 2.10 bits per heavy atom. The van der Waals surface area contributed by atoms with Crippen molar-refractivity contribution in [2.24, 2.45) is 0 Å². The zero-order valence-corrected chi connectivity index (χ0v) is 13.5. The molecule has 0 spiro atoms. The van der Waals surface area contributed by atoms with Crippen molar-refractivity contribution >= 4 is 29.9 Å². The third-order valence-electron chi connectivity index (χ3n) is 3.33. The first-order valence-corrected chi connectivity index (χ1v) is 7.05. The van der Waals surface area contributed by atoms with Gasteiger partial charge in [-0.15, -0.1) is 12.4 Å². The van der Waals surface area contributed by atoms with E-state index >= 15 is 0 Å². The summed E-state index contributed by atoms with van der Waals surface area (Å²) in [4.78, 5) is 15.9. The van der Waals surface area contributed by atoms with Gasteiger partial charge in [0.1, 0.15) is 5.82 Å². The molecule has 1 amide bonds. The molecular formula is C14H20Cl2FN3O. The zero-order valence-electron chi connectivity index (χ0n) is 11.9. The topological polar surface area (TPSA) is 35.6 Å². The molecule has 7 heteroatoms. The number of likely N-dealkylation sites (N-methyl/N-ethyl adjacent to an activating group) is 1. The van der Waals surface area contributed by atoms with Gasteiger partial charge >= 0.3 is 0 Å². The fourth-order valence-corrected chi connectivity index (χ4v) is 2.47. The molecule has 21 heavy (non-hydrogen) atoms. The first kappa shape index (κ1) is 18.2. The highest BCUT2D eigenvalue weighted by molar-refractivity contribution is 6.31. The summed E-state index contributed by atoms with van der Waals surface area (Å²) in [6.45, 7) is 4.07. The van der Waals surface area contributed by atoms with Crippen LogP contribution in [-0.2, 0) is 11.3 Å². The Bertz CT molecular complexity index is 481. The molecule has 0 unspecified atom stereocenters. The van der Waals surface area contributed by atoms with E-state index in [-0.39, 0.29) is 24.1 Å². The maximum atomic E-state index is 13.0. The van der Waals surface area contributed by atoms with Gasteiger partial charge in [-0.3, -0.25) is 9.69 Å². The molecule has 0 atom stereocenters. The second kappa shape index (κ2) is 8.54. The van der Waals surface area contributed by atoms with Gasteiger partial charge in [0.15, 0.2) is 0 Å². The van der Waals surface area contributed by atoms with Crippen LogP contribution in [0.25, 0.3) is 0 Å². The molecule has 1 N–H and O–H groups in total. The van der Waals surface area contributed by atoms with E-state index in [1.165, 1.54) is 12.1 Å². The first-order chi connectivity index (χ1) is 9.56. The Hall–Kier alpha value is -0.880. The van der Waals surface area contributed by atoms with E-state index in [4.69, 9.17) is 11.6 Å². The molecule has 0 aromatic heterocycles. The maximum Gasteiger partial charge on any atom is 0.236 e. The number of amides is 1. The maximum absolute atomic E-state index is 13.0. The van der Waals surface area contributed by atoms with Crippen LogP contribution in [0.1, 0.15) is 5.56 Å². The number of hydrogen-bond acceptors (Lipinski definition) is 3. The molecule has 0 saturated carbocycles. The summed E-state index contributed by atoms with van der Waals surface area (Å²) in [5.74, 6) is -0.231. The second-order valence-corrected chi connectivity index (χ2v) is 5.45. The van der Waals surface area contributed by atoms with Crippen LogP contribution in [0.4, 0.5) is 4.39 Å². The van der Waals surface area contributed by atoms with E-state index in [0.29, 0.717) is 18.1 Å². The lowest BCUT2D eigenvalue weighted by atomic mass is 10.2. The van der Waals surface area contributed by atoms with Crippen molar-refractivity contribution in [1.82, 2.24) is 15.1 Å². The molecule has 118 valence electrons. The summed E-state index contributed by atoms with van der Waals surface area (Å²) >= 11 is 5.99. The summed E-state index contributed by atoms with van der Waals surface area (Å²) in [7, 11) is 1.86. The normalized spacial score (nSPS) is 15.0. The third-order valence-corrected chi connectivity index (χ3v) is 3.68. The van der Waals surface area contributed by atoms with Crippen LogP contribution in [-0.4, -0.2) is 55.5 Å². The molecule has 1 aliphatic rings. The molecule has 1 saturated heterocycles. The largest absolute Gasteiger partial charge is 0.339 e. The number of halogens is 3. The van der Waals surface area contributed by atoms with E-state index in [2.05, 4.69) is 5.32 Å². The van der Waals surface area contributed by atoms with Gasteiger partial charge in [0, 0.05) is 37.7 Å². The molecule has 1 fully saturated rings. The Morgan fingerprint density at radius 1 is 1.43 bits per heavy atom. The van der Waals surface area contributed by atoms with Gasteiger partial charge in [0.05, 0.1) is 6.54 Å². The highest BCUT2D eigenvalue weighted by Crippen LogP contribution is 2.18. The number of benzene rings is 1. The number of nitrogens with zero attached hydrogens (tertiary/aromatic N) is 2. The molecule has 1 aromatic rings. The Morgan fingerprint density at radius 3 is 2.71 bits per heavy atom. The van der Waals surface area contributed by atoms with Crippen molar-refractivity contribution in [3.63, 3.8) is 0 Å². The van der Waals surface area contributed by atoms with Gasteiger partial charge in [0.2, 0.25) is 5.91 Å². The van der Waals surface area contributed by atoms with Crippen LogP contribution in [0.15, 0.2) is 18.2 Å². The van der Waals surface area contributed by atoms with Gasteiger partial charge in [-0.1, -0.05) is 17.7 Å². The van der Waals surface area contributed by atoms with Gasteiger partial charge in [0.25, 0.3) is 0 Å². The van der Waals surface area contributed by atoms with Crippen LogP contribution in [0, 0.1) is 5.82 Å². The fraction of sp³-hybridized carbons (Fsp3) is 0.500. The lowest BCUT2D eigenvalue weighted by Gasteiger charge is -2.29. The molecule has 1 aromatic carbocycles. The molecule has 0 radical (unpaired) electrons. The fourth-order valence-electron chi connectivity index (χ4n) is 2.24. The summed E-state index contributed by atoms with van der Waals surface area (Å²) in [6.07, 6.45) is 0. The standard InChI is InChI=1S/C14H19ClFN3O.ClH/c1-18(9-11-2-3-12(16)8-13(11)15)10-14(20)19-6-4-17-5-7-19;/h2-3,8,17H,4-7,9-10H2,1H3;1H.